The molecule has 1 rings (SSSR count). The van der Waals surface area contributed by atoms with E-state index in [1.807, 2.05) is 0 Å². The molecule has 1 unspecified atom stereocenters. The van der Waals surface area contributed by atoms with Gasteiger partial charge in [-0.15, -0.1) is 0 Å². The van der Waals surface area contributed by atoms with Crippen molar-refractivity contribution in [3.05, 3.63) is 18.1 Å². The summed E-state index contributed by atoms with van der Waals surface area (Å²) in [7, 11) is 1.60. The molecule has 0 fully saturated rings. The van der Waals surface area contributed by atoms with Crippen molar-refractivity contribution >= 4 is 0 Å². The summed E-state index contributed by atoms with van der Waals surface area (Å²) in [6, 6.07) is 0.00973. The molecule has 0 aromatic carbocycles. The molecule has 1 atom stereocenters. The molecule has 0 spiro atoms. The Labute approximate surface area is 103 Å². The molecule has 5 heteroatoms. The first-order valence-corrected chi connectivity index (χ1v) is 6.14. The van der Waals surface area contributed by atoms with E-state index >= 15 is 0 Å². The smallest absolute Gasteiger partial charge is 0.237 e. The highest BCUT2D eigenvalue weighted by atomic mass is 16.5. The second kappa shape index (κ2) is 7.97. The zero-order valence-electron chi connectivity index (χ0n) is 10.6. The van der Waals surface area contributed by atoms with Crippen molar-refractivity contribution in [1.82, 2.24) is 15.4 Å². The van der Waals surface area contributed by atoms with Crippen molar-refractivity contribution in [1.29, 1.82) is 0 Å². The Balaban J connectivity index is 2.59. The van der Waals surface area contributed by atoms with E-state index in [-0.39, 0.29) is 6.04 Å². The van der Waals surface area contributed by atoms with Crippen molar-refractivity contribution in [2.45, 2.75) is 45.1 Å². The summed E-state index contributed by atoms with van der Waals surface area (Å²) >= 11 is 0. The fourth-order valence-corrected chi connectivity index (χ4v) is 1.81. The van der Waals surface area contributed by atoms with Crippen molar-refractivity contribution in [2.75, 3.05) is 7.11 Å². The highest BCUT2D eigenvalue weighted by Gasteiger charge is 2.16. The summed E-state index contributed by atoms with van der Waals surface area (Å²) < 4.78 is 5.19. The third kappa shape index (κ3) is 4.28. The lowest BCUT2D eigenvalue weighted by molar-refractivity contribution is 0.371. The summed E-state index contributed by atoms with van der Waals surface area (Å²) in [5.41, 5.74) is 3.57. The Morgan fingerprint density at radius 1 is 1.29 bits per heavy atom. The Bertz CT molecular complexity index is 319. The molecule has 1 aromatic heterocycles. The van der Waals surface area contributed by atoms with Gasteiger partial charge in [0.2, 0.25) is 5.88 Å². The van der Waals surface area contributed by atoms with Gasteiger partial charge in [0.25, 0.3) is 0 Å². The fourth-order valence-electron chi connectivity index (χ4n) is 1.81. The maximum absolute atomic E-state index is 5.57. The number of rotatable bonds is 8. The van der Waals surface area contributed by atoms with Crippen molar-refractivity contribution in [3.63, 3.8) is 0 Å². The highest BCUT2D eigenvalue weighted by molar-refractivity contribution is 5.20. The van der Waals surface area contributed by atoms with Gasteiger partial charge in [-0.25, -0.2) is 4.98 Å². The van der Waals surface area contributed by atoms with Crippen LogP contribution in [0.2, 0.25) is 0 Å². The first-order valence-electron chi connectivity index (χ1n) is 6.14. The quantitative estimate of drug-likeness (QED) is 0.411. The van der Waals surface area contributed by atoms with Gasteiger partial charge in [-0.1, -0.05) is 32.6 Å². The van der Waals surface area contributed by atoms with Crippen LogP contribution < -0.4 is 16.0 Å². The van der Waals surface area contributed by atoms with Crippen LogP contribution in [-0.4, -0.2) is 17.1 Å². The first kappa shape index (κ1) is 13.9. The van der Waals surface area contributed by atoms with E-state index in [1.54, 1.807) is 19.5 Å². The lowest BCUT2D eigenvalue weighted by Gasteiger charge is -2.16. The van der Waals surface area contributed by atoms with Gasteiger partial charge < -0.3 is 4.74 Å². The molecule has 1 aromatic rings. The average molecular weight is 238 g/mol. The van der Waals surface area contributed by atoms with Gasteiger partial charge in [0, 0.05) is 12.4 Å². The van der Waals surface area contributed by atoms with Crippen molar-refractivity contribution in [2.24, 2.45) is 5.84 Å². The highest BCUT2D eigenvalue weighted by Crippen LogP contribution is 2.23. The van der Waals surface area contributed by atoms with Crippen LogP contribution in [-0.2, 0) is 0 Å². The van der Waals surface area contributed by atoms with Crippen LogP contribution in [0.3, 0.4) is 0 Å². The van der Waals surface area contributed by atoms with E-state index < -0.39 is 0 Å². The van der Waals surface area contributed by atoms with Gasteiger partial charge in [-0.3, -0.25) is 16.3 Å². The molecule has 0 saturated carbocycles. The van der Waals surface area contributed by atoms with Gasteiger partial charge in [-0.2, -0.15) is 0 Å². The average Bonchev–Trinajstić information content (AvgIpc) is 2.39. The minimum atomic E-state index is 0.00973. The minimum absolute atomic E-state index is 0.00973. The molecule has 17 heavy (non-hydrogen) atoms. The molecule has 0 saturated heterocycles. The molecule has 0 radical (unpaired) electrons. The maximum Gasteiger partial charge on any atom is 0.237 e. The van der Waals surface area contributed by atoms with Crippen LogP contribution in [0.1, 0.15) is 50.8 Å². The standard InChI is InChI=1S/C12H22N4O/c1-3-4-5-6-7-10(16-13)11-12(17-2)15-9-8-14-11/h8-10,16H,3-7,13H2,1-2H3. The lowest BCUT2D eigenvalue weighted by Crippen LogP contribution is -2.29. The number of methoxy groups -OCH3 is 1. The molecule has 0 amide bonds. The van der Waals surface area contributed by atoms with Crippen LogP contribution in [0.15, 0.2) is 12.4 Å². The molecular formula is C12H22N4O. The van der Waals surface area contributed by atoms with E-state index in [2.05, 4.69) is 22.3 Å². The number of aromatic nitrogens is 2. The van der Waals surface area contributed by atoms with Gasteiger partial charge in [0.1, 0.15) is 5.69 Å². The van der Waals surface area contributed by atoms with Crippen molar-refractivity contribution < 1.29 is 4.74 Å². The summed E-state index contributed by atoms with van der Waals surface area (Å²) in [5, 5.41) is 0. The molecule has 0 aliphatic carbocycles. The molecule has 0 aliphatic rings. The van der Waals surface area contributed by atoms with Crippen LogP contribution >= 0.6 is 0 Å². The van der Waals surface area contributed by atoms with Crippen molar-refractivity contribution in [3.8, 4) is 5.88 Å². The fraction of sp³-hybridized carbons (Fsp3) is 0.667. The normalized spacial score (nSPS) is 12.4. The molecular weight excluding hydrogens is 216 g/mol. The monoisotopic (exact) mass is 238 g/mol. The number of unbranched alkanes of at least 4 members (excludes halogenated alkanes) is 3. The molecule has 96 valence electrons. The third-order valence-corrected chi connectivity index (χ3v) is 2.76. The summed E-state index contributed by atoms with van der Waals surface area (Å²) in [4.78, 5) is 8.42. The molecule has 1 heterocycles. The number of ether oxygens (including phenoxy) is 1. The number of nitrogens with one attached hydrogen (secondary N) is 1. The molecule has 0 bridgehead atoms. The number of hydrazine groups is 1. The number of hydrogen-bond donors (Lipinski definition) is 2. The Morgan fingerprint density at radius 3 is 2.71 bits per heavy atom. The second-order valence-corrected chi connectivity index (χ2v) is 4.02. The summed E-state index contributed by atoms with van der Waals surface area (Å²) in [5.74, 6) is 6.12. The predicted molar refractivity (Wildman–Crippen MR) is 67.4 cm³/mol. The Morgan fingerprint density at radius 2 is 2.06 bits per heavy atom. The second-order valence-electron chi connectivity index (χ2n) is 4.02. The lowest BCUT2D eigenvalue weighted by atomic mass is 10.1. The first-order chi connectivity index (χ1) is 8.33. The van der Waals surface area contributed by atoms with E-state index in [9.17, 15) is 0 Å². The number of nitrogens with two attached hydrogens (primary N) is 1. The van der Waals surface area contributed by atoms with E-state index in [0.29, 0.717) is 5.88 Å². The van der Waals surface area contributed by atoms with Crippen LogP contribution in [0.5, 0.6) is 5.88 Å². The van der Waals surface area contributed by atoms with E-state index in [1.165, 1.54) is 19.3 Å². The largest absolute Gasteiger partial charge is 0.480 e. The zero-order valence-corrected chi connectivity index (χ0v) is 10.6. The van der Waals surface area contributed by atoms with Gasteiger partial charge in [0.05, 0.1) is 13.2 Å². The Hall–Kier alpha value is -1.20. The number of hydrogen-bond acceptors (Lipinski definition) is 5. The maximum atomic E-state index is 5.57. The molecule has 0 aliphatic heterocycles. The van der Waals surface area contributed by atoms with E-state index in [0.717, 1.165) is 18.5 Å². The van der Waals surface area contributed by atoms with Crippen LogP contribution in [0.4, 0.5) is 0 Å². The van der Waals surface area contributed by atoms with Gasteiger partial charge in [-0.05, 0) is 6.42 Å². The van der Waals surface area contributed by atoms with Crippen LogP contribution in [0.25, 0.3) is 0 Å². The SMILES string of the molecule is CCCCCCC(NN)c1nccnc1OC. The summed E-state index contributed by atoms with van der Waals surface area (Å²) in [6.07, 6.45) is 9.07. The third-order valence-electron chi connectivity index (χ3n) is 2.76. The predicted octanol–water partition coefficient (Wildman–Crippen LogP) is 1.96. The van der Waals surface area contributed by atoms with Gasteiger partial charge >= 0.3 is 0 Å². The van der Waals surface area contributed by atoms with E-state index in [4.69, 9.17) is 10.6 Å². The van der Waals surface area contributed by atoms with Gasteiger partial charge in [0.15, 0.2) is 0 Å². The molecule has 3 N–H and O–H groups in total. The molecule has 5 nitrogen and oxygen atoms in total. The Kier molecular flexibility index (Phi) is 6.50. The topological polar surface area (TPSA) is 73.1 Å². The zero-order chi connectivity index (χ0) is 12.5. The minimum Gasteiger partial charge on any atom is -0.480 e. The summed E-state index contributed by atoms with van der Waals surface area (Å²) in [6.45, 7) is 2.20. The van der Waals surface area contributed by atoms with Crippen LogP contribution in [0, 0.1) is 0 Å². The number of nitrogens with zero attached hydrogens (tertiary/aromatic N) is 2.